The Kier molecular flexibility index (Phi) is 4.35. The summed E-state index contributed by atoms with van der Waals surface area (Å²) in [5, 5.41) is 5.87. The van der Waals surface area contributed by atoms with Gasteiger partial charge in [-0.15, -0.1) is 0 Å². The van der Waals surface area contributed by atoms with Gasteiger partial charge in [-0.05, 0) is 24.4 Å². The Bertz CT molecular complexity index is 518. The first-order valence-electron chi connectivity index (χ1n) is 6.98. The fraction of sp³-hybridized carbons (Fsp3) is 0.667. The molecule has 8 nitrogen and oxygen atoms in total. The second-order valence-electron chi connectivity index (χ2n) is 5.02. The molecule has 3 rings (SSSR count). The number of anilines is 2. The summed E-state index contributed by atoms with van der Waals surface area (Å²) in [6, 6.07) is 0.338. The maximum atomic E-state index is 11.6. The first kappa shape index (κ1) is 14.3. The number of carbonyl (C=O) groups excluding carboxylic acids is 1. The van der Waals surface area contributed by atoms with Crippen LogP contribution >= 0.6 is 11.6 Å². The van der Waals surface area contributed by atoms with Crippen LogP contribution in [0, 0.1) is 0 Å². The van der Waals surface area contributed by atoms with Crippen molar-refractivity contribution >= 4 is 29.4 Å². The fourth-order valence-electron chi connectivity index (χ4n) is 1.99. The molecule has 0 unspecified atom stereocenters. The molecule has 1 amide bonds. The average Bonchev–Trinajstić information content (AvgIpc) is 3.29. The van der Waals surface area contributed by atoms with Gasteiger partial charge in [0.25, 0.3) is 0 Å². The molecule has 2 N–H and O–H groups in total. The molecule has 0 atom stereocenters. The Labute approximate surface area is 127 Å². The van der Waals surface area contributed by atoms with Crippen LogP contribution in [-0.4, -0.2) is 59.7 Å². The molecule has 1 aliphatic heterocycles. The SMILES string of the molecule is O=C(CNc1nc(Cl)nc(N2CCOCC2)n1)NC1CC1. The highest BCUT2D eigenvalue weighted by Gasteiger charge is 2.23. The second kappa shape index (κ2) is 6.40. The van der Waals surface area contributed by atoms with Crippen LogP contribution in [0.1, 0.15) is 12.8 Å². The summed E-state index contributed by atoms with van der Waals surface area (Å²) in [6.45, 7) is 2.81. The molecule has 2 fully saturated rings. The third-order valence-corrected chi connectivity index (χ3v) is 3.41. The normalized spacial score (nSPS) is 18.4. The van der Waals surface area contributed by atoms with Gasteiger partial charge in [0.15, 0.2) is 0 Å². The minimum Gasteiger partial charge on any atom is -0.378 e. The number of ether oxygens (including phenoxy) is 1. The molecule has 1 saturated carbocycles. The summed E-state index contributed by atoms with van der Waals surface area (Å²) >= 11 is 5.92. The molecular formula is C12H17ClN6O2. The Morgan fingerprint density at radius 2 is 2.05 bits per heavy atom. The molecular weight excluding hydrogens is 296 g/mol. The molecule has 2 heterocycles. The van der Waals surface area contributed by atoms with Crippen molar-refractivity contribution in [2.24, 2.45) is 0 Å². The predicted octanol–water partition coefficient (Wildman–Crippen LogP) is 0.0521. The number of nitrogens with zero attached hydrogens (tertiary/aromatic N) is 4. The smallest absolute Gasteiger partial charge is 0.239 e. The second-order valence-corrected chi connectivity index (χ2v) is 5.36. The minimum absolute atomic E-state index is 0.0676. The average molecular weight is 313 g/mol. The lowest BCUT2D eigenvalue weighted by molar-refractivity contribution is -0.119. The van der Waals surface area contributed by atoms with E-state index in [1.165, 1.54) is 0 Å². The van der Waals surface area contributed by atoms with Crippen LogP contribution in [0.5, 0.6) is 0 Å². The molecule has 1 aliphatic carbocycles. The zero-order chi connectivity index (χ0) is 14.7. The number of carbonyl (C=O) groups is 1. The van der Waals surface area contributed by atoms with Gasteiger partial charge in [-0.25, -0.2) is 0 Å². The molecule has 0 spiro atoms. The highest BCUT2D eigenvalue weighted by molar-refractivity contribution is 6.28. The Morgan fingerprint density at radius 1 is 1.29 bits per heavy atom. The van der Waals surface area contributed by atoms with Crippen molar-refractivity contribution in [3.63, 3.8) is 0 Å². The van der Waals surface area contributed by atoms with Gasteiger partial charge < -0.3 is 20.3 Å². The maximum Gasteiger partial charge on any atom is 0.239 e. The van der Waals surface area contributed by atoms with Crippen LogP contribution < -0.4 is 15.5 Å². The van der Waals surface area contributed by atoms with Crippen LogP contribution in [0.25, 0.3) is 0 Å². The van der Waals surface area contributed by atoms with E-state index in [1.807, 2.05) is 4.90 Å². The monoisotopic (exact) mass is 312 g/mol. The van der Waals surface area contributed by atoms with E-state index < -0.39 is 0 Å². The first-order valence-corrected chi connectivity index (χ1v) is 7.36. The molecule has 1 saturated heterocycles. The van der Waals surface area contributed by atoms with Gasteiger partial charge >= 0.3 is 0 Å². The van der Waals surface area contributed by atoms with E-state index in [9.17, 15) is 4.79 Å². The largest absolute Gasteiger partial charge is 0.378 e. The first-order chi connectivity index (χ1) is 10.2. The molecule has 1 aromatic heterocycles. The lowest BCUT2D eigenvalue weighted by atomic mass is 10.4. The van der Waals surface area contributed by atoms with Crippen molar-refractivity contribution in [1.82, 2.24) is 20.3 Å². The topological polar surface area (TPSA) is 92.3 Å². The number of hydrogen-bond acceptors (Lipinski definition) is 7. The maximum absolute atomic E-state index is 11.6. The van der Waals surface area contributed by atoms with E-state index in [-0.39, 0.29) is 17.7 Å². The van der Waals surface area contributed by atoms with Crippen molar-refractivity contribution in [1.29, 1.82) is 0 Å². The zero-order valence-electron chi connectivity index (χ0n) is 11.5. The van der Waals surface area contributed by atoms with E-state index in [0.717, 1.165) is 12.8 Å². The standard InChI is InChI=1S/C12H17ClN6O2/c13-10-16-11(14-7-9(20)15-8-1-2-8)18-12(17-10)19-3-5-21-6-4-19/h8H,1-7H2,(H,15,20)(H,14,16,17,18). The van der Waals surface area contributed by atoms with E-state index in [4.69, 9.17) is 16.3 Å². The molecule has 2 aliphatic rings. The van der Waals surface area contributed by atoms with Gasteiger partial charge in [0.05, 0.1) is 19.8 Å². The van der Waals surface area contributed by atoms with Crippen molar-refractivity contribution in [2.75, 3.05) is 43.1 Å². The van der Waals surface area contributed by atoms with Gasteiger partial charge in [-0.3, -0.25) is 4.79 Å². The van der Waals surface area contributed by atoms with Crippen LogP contribution in [-0.2, 0) is 9.53 Å². The minimum atomic E-state index is -0.0676. The summed E-state index contributed by atoms with van der Waals surface area (Å²) in [5.74, 6) is 0.743. The quantitative estimate of drug-likeness (QED) is 0.793. The third kappa shape index (κ3) is 4.15. The van der Waals surface area contributed by atoms with Gasteiger partial charge in [-0.1, -0.05) is 0 Å². The van der Waals surface area contributed by atoms with E-state index in [0.29, 0.717) is 44.2 Å². The van der Waals surface area contributed by atoms with Crippen molar-refractivity contribution in [2.45, 2.75) is 18.9 Å². The lowest BCUT2D eigenvalue weighted by Crippen LogP contribution is -2.37. The number of nitrogens with one attached hydrogen (secondary N) is 2. The van der Waals surface area contributed by atoms with Crippen LogP contribution in [0.15, 0.2) is 0 Å². The summed E-state index contributed by atoms with van der Waals surface area (Å²) in [5.41, 5.74) is 0. The molecule has 1 aromatic rings. The number of aromatic nitrogens is 3. The summed E-state index contributed by atoms with van der Waals surface area (Å²) in [6.07, 6.45) is 2.12. The molecule has 21 heavy (non-hydrogen) atoms. The Balaban J connectivity index is 1.61. The summed E-state index contributed by atoms with van der Waals surface area (Å²) in [7, 11) is 0. The lowest BCUT2D eigenvalue weighted by Gasteiger charge is -2.26. The van der Waals surface area contributed by atoms with Gasteiger partial charge in [0, 0.05) is 19.1 Å². The van der Waals surface area contributed by atoms with Gasteiger partial charge in [0.2, 0.25) is 23.1 Å². The number of amides is 1. The number of rotatable bonds is 5. The van der Waals surface area contributed by atoms with Gasteiger partial charge in [0.1, 0.15) is 0 Å². The van der Waals surface area contributed by atoms with Crippen molar-refractivity contribution in [3.8, 4) is 0 Å². The van der Waals surface area contributed by atoms with Crippen LogP contribution in [0.2, 0.25) is 5.28 Å². The van der Waals surface area contributed by atoms with E-state index in [1.54, 1.807) is 0 Å². The zero-order valence-corrected chi connectivity index (χ0v) is 12.3. The van der Waals surface area contributed by atoms with E-state index in [2.05, 4.69) is 25.6 Å². The molecule has 9 heteroatoms. The van der Waals surface area contributed by atoms with Crippen molar-refractivity contribution in [3.05, 3.63) is 5.28 Å². The van der Waals surface area contributed by atoms with Crippen molar-refractivity contribution < 1.29 is 9.53 Å². The number of morpholine rings is 1. The molecule has 0 aromatic carbocycles. The Hall–Kier alpha value is -1.67. The number of halogens is 1. The fourth-order valence-corrected chi connectivity index (χ4v) is 2.14. The van der Waals surface area contributed by atoms with Crippen LogP contribution in [0.3, 0.4) is 0 Å². The molecule has 114 valence electrons. The summed E-state index contributed by atoms with van der Waals surface area (Å²) < 4.78 is 5.29. The summed E-state index contributed by atoms with van der Waals surface area (Å²) in [4.78, 5) is 26.0. The highest BCUT2D eigenvalue weighted by atomic mass is 35.5. The van der Waals surface area contributed by atoms with Gasteiger partial charge in [-0.2, -0.15) is 15.0 Å². The number of hydrogen-bond donors (Lipinski definition) is 2. The third-order valence-electron chi connectivity index (χ3n) is 3.24. The Morgan fingerprint density at radius 3 is 2.76 bits per heavy atom. The molecule has 0 radical (unpaired) electrons. The molecule has 0 bridgehead atoms. The predicted molar refractivity (Wildman–Crippen MR) is 77.5 cm³/mol. The highest BCUT2D eigenvalue weighted by Crippen LogP contribution is 2.18. The van der Waals surface area contributed by atoms with Crippen LogP contribution in [0.4, 0.5) is 11.9 Å². The van der Waals surface area contributed by atoms with E-state index >= 15 is 0 Å².